The molecule has 0 saturated carbocycles. The normalized spacial score (nSPS) is 11.2. The van der Waals surface area contributed by atoms with E-state index in [1.54, 1.807) is 36.3 Å². The summed E-state index contributed by atoms with van der Waals surface area (Å²) in [6, 6.07) is 9.36. The third kappa shape index (κ3) is 6.91. The van der Waals surface area contributed by atoms with Crippen LogP contribution in [-0.4, -0.2) is 62.1 Å². The Kier molecular flexibility index (Phi) is 8.72. The Morgan fingerprint density at radius 3 is 2.42 bits per heavy atom. The second kappa shape index (κ2) is 11.2. The number of nitrogens with zero attached hydrogens (tertiary/aromatic N) is 3. The number of hydrogen-bond acceptors (Lipinski definition) is 6. The van der Waals surface area contributed by atoms with E-state index in [1.165, 1.54) is 12.1 Å². The number of carbonyl (C=O) groups is 1. The zero-order chi connectivity index (χ0) is 23.0. The lowest BCUT2D eigenvalue weighted by atomic mass is 10.1. The van der Waals surface area contributed by atoms with E-state index < -0.39 is 6.03 Å². The quantitative estimate of drug-likeness (QED) is 0.389. The highest BCUT2D eigenvalue weighted by Crippen LogP contribution is 2.31. The van der Waals surface area contributed by atoms with Gasteiger partial charge in [0.2, 0.25) is 0 Å². The summed E-state index contributed by atoms with van der Waals surface area (Å²) in [5, 5.41) is 20.9. The van der Waals surface area contributed by atoms with Crippen molar-refractivity contribution in [3.05, 3.63) is 53.1 Å². The summed E-state index contributed by atoms with van der Waals surface area (Å²) < 4.78 is 5.97. The number of aromatic hydroxyl groups is 1. The molecule has 0 spiro atoms. The molecule has 2 amide bonds. The van der Waals surface area contributed by atoms with Gasteiger partial charge in [-0.1, -0.05) is 17.7 Å². The van der Waals surface area contributed by atoms with Gasteiger partial charge in [-0.15, -0.1) is 0 Å². The Morgan fingerprint density at radius 1 is 1.19 bits per heavy atom. The molecule has 0 aromatic heterocycles. The summed E-state index contributed by atoms with van der Waals surface area (Å²) in [7, 11) is 5.73. The van der Waals surface area contributed by atoms with Gasteiger partial charge in [-0.2, -0.15) is 5.10 Å². The Bertz CT molecular complexity index is 962. The monoisotopic (exact) mass is 445 g/mol. The van der Waals surface area contributed by atoms with E-state index in [0.717, 1.165) is 17.8 Å². The lowest BCUT2D eigenvalue weighted by molar-refractivity contribution is 0.260. The van der Waals surface area contributed by atoms with E-state index in [-0.39, 0.29) is 10.8 Å². The maximum absolute atomic E-state index is 12.4. The molecular formula is C22H28ClN5O3. The van der Waals surface area contributed by atoms with Crippen LogP contribution in [0.5, 0.6) is 11.5 Å². The molecule has 0 unspecified atom stereocenters. The van der Waals surface area contributed by atoms with E-state index in [2.05, 4.69) is 22.5 Å². The fourth-order valence-electron chi connectivity index (χ4n) is 2.75. The van der Waals surface area contributed by atoms with Gasteiger partial charge in [0.1, 0.15) is 18.1 Å². The van der Waals surface area contributed by atoms with Crippen LogP contribution in [0.15, 0.2) is 47.6 Å². The van der Waals surface area contributed by atoms with Gasteiger partial charge in [0.15, 0.2) is 0 Å². The second-order valence-corrected chi connectivity index (χ2v) is 7.35. The maximum atomic E-state index is 12.4. The van der Waals surface area contributed by atoms with Crippen molar-refractivity contribution in [2.24, 2.45) is 5.10 Å². The van der Waals surface area contributed by atoms with Crippen LogP contribution in [-0.2, 0) is 0 Å². The number of anilines is 2. The number of likely N-dealkylation sites (N-methyl/N-ethyl adjacent to an activating group) is 1. The van der Waals surface area contributed by atoms with Gasteiger partial charge in [0.25, 0.3) is 0 Å². The van der Waals surface area contributed by atoms with Gasteiger partial charge in [-0.25, -0.2) is 4.79 Å². The highest BCUT2D eigenvalue weighted by molar-refractivity contribution is 6.32. The standard InChI is InChI=1S/C22H28ClN5O3/c1-6-19(28(5)24-2)17-13-15(8-10-21(17)31-12-11-27(3)4)25-22(30)26-16-7-9-18(23)20(29)14-16/h6-10,13-14,29H,2,11-12H2,1,3-5H3,(H2,25,26,30)/b19-6+. The molecule has 2 aromatic rings. The Balaban J connectivity index is 2.24. The van der Waals surface area contributed by atoms with Gasteiger partial charge in [0.05, 0.1) is 10.7 Å². The summed E-state index contributed by atoms with van der Waals surface area (Å²) in [5.41, 5.74) is 2.51. The van der Waals surface area contributed by atoms with Crippen LogP contribution in [0.25, 0.3) is 5.70 Å². The fraction of sp³-hybridized carbons (Fsp3) is 0.273. The number of amides is 2. The molecule has 166 valence electrons. The third-order valence-corrected chi connectivity index (χ3v) is 4.67. The van der Waals surface area contributed by atoms with Crippen molar-refractivity contribution in [2.45, 2.75) is 6.92 Å². The molecule has 0 fully saturated rings. The van der Waals surface area contributed by atoms with Crippen LogP contribution >= 0.6 is 11.6 Å². The van der Waals surface area contributed by atoms with Crippen LogP contribution in [0, 0.1) is 0 Å². The predicted molar refractivity (Wildman–Crippen MR) is 127 cm³/mol. The van der Waals surface area contributed by atoms with E-state index in [0.29, 0.717) is 23.7 Å². The Labute approximate surface area is 187 Å². The number of halogens is 1. The molecule has 0 saturated heterocycles. The molecule has 2 aromatic carbocycles. The lowest BCUT2D eigenvalue weighted by Gasteiger charge is -2.21. The molecule has 0 aliphatic heterocycles. The minimum Gasteiger partial charge on any atom is -0.506 e. The molecule has 8 nitrogen and oxygen atoms in total. The Morgan fingerprint density at radius 2 is 1.84 bits per heavy atom. The first-order chi connectivity index (χ1) is 14.7. The molecule has 0 atom stereocenters. The number of phenolic OH excluding ortho intramolecular Hbond substituents is 1. The zero-order valence-corrected chi connectivity index (χ0v) is 18.9. The van der Waals surface area contributed by atoms with Gasteiger partial charge in [-0.3, -0.25) is 5.01 Å². The molecule has 31 heavy (non-hydrogen) atoms. The third-order valence-electron chi connectivity index (χ3n) is 4.35. The number of urea groups is 1. The minimum absolute atomic E-state index is 0.112. The van der Waals surface area contributed by atoms with Crippen LogP contribution in [0.3, 0.4) is 0 Å². The van der Waals surface area contributed by atoms with Crippen LogP contribution in [0.2, 0.25) is 5.02 Å². The summed E-state index contributed by atoms with van der Waals surface area (Å²) >= 11 is 5.80. The topological polar surface area (TPSA) is 89.4 Å². The molecule has 0 heterocycles. The van der Waals surface area contributed by atoms with E-state index >= 15 is 0 Å². The first kappa shape index (κ1) is 24.0. The number of carbonyl (C=O) groups excluding carboxylic acids is 1. The number of rotatable bonds is 9. The van der Waals surface area contributed by atoms with Crippen LogP contribution < -0.4 is 15.4 Å². The number of allylic oxidation sites excluding steroid dienone is 1. The number of hydrazone groups is 1. The summed E-state index contributed by atoms with van der Waals surface area (Å²) in [5.74, 6) is 0.553. The molecule has 0 aliphatic rings. The molecule has 3 N–H and O–H groups in total. The largest absolute Gasteiger partial charge is 0.506 e. The summed E-state index contributed by atoms with van der Waals surface area (Å²) in [4.78, 5) is 14.5. The Hall–Kier alpha value is -3.23. The average Bonchev–Trinajstić information content (AvgIpc) is 2.72. The zero-order valence-electron chi connectivity index (χ0n) is 18.1. The molecule has 2 rings (SSSR count). The van der Waals surface area contributed by atoms with Crippen molar-refractivity contribution in [1.82, 2.24) is 9.91 Å². The van der Waals surface area contributed by atoms with Gasteiger partial charge in [-0.05, 0) is 51.4 Å². The van der Waals surface area contributed by atoms with Crippen molar-refractivity contribution in [1.29, 1.82) is 0 Å². The second-order valence-electron chi connectivity index (χ2n) is 6.95. The predicted octanol–water partition coefficient (Wildman–Crippen LogP) is 4.54. The average molecular weight is 446 g/mol. The van der Waals surface area contributed by atoms with Crippen LogP contribution in [0.1, 0.15) is 12.5 Å². The lowest BCUT2D eigenvalue weighted by Crippen LogP contribution is -2.21. The molecule has 0 bridgehead atoms. The van der Waals surface area contributed by atoms with Crippen molar-refractivity contribution in [3.8, 4) is 11.5 Å². The number of hydrogen-bond donors (Lipinski definition) is 3. The van der Waals surface area contributed by atoms with E-state index in [4.69, 9.17) is 16.3 Å². The summed E-state index contributed by atoms with van der Waals surface area (Å²) in [6.07, 6.45) is 1.89. The molecule has 9 heteroatoms. The minimum atomic E-state index is -0.467. The van der Waals surface area contributed by atoms with Gasteiger partial charge >= 0.3 is 6.03 Å². The van der Waals surface area contributed by atoms with Crippen molar-refractivity contribution in [3.63, 3.8) is 0 Å². The number of phenols is 1. The van der Waals surface area contributed by atoms with E-state index in [9.17, 15) is 9.90 Å². The van der Waals surface area contributed by atoms with Gasteiger partial charge in [0, 0.05) is 43.3 Å². The molecule has 0 aliphatic carbocycles. The fourth-order valence-corrected chi connectivity index (χ4v) is 2.87. The smallest absolute Gasteiger partial charge is 0.323 e. The summed E-state index contributed by atoms with van der Waals surface area (Å²) in [6.45, 7) is 6.74. The van der Waals surface area contributed by atoms with Crippen molar-refractivity contribution in [2.75, 3.05) is 44.9 Å². The SMILES string of the molecule is C=NN(C)/C(=C/C)c1cc(NC(=O)Nc2ccc(Cl)c(O)c2)ccc1OCCN(C)C. The van der Waals surface area contributed by atoms with Crippen molar-refractivity contribution < 1.29 is 14.6 Å². The van der Waals surface area contributed by atoms with E-state index in [1.807, 2.05) is 32.0 Å². The number of nitrogens with one attached hydrogen (secondary N) is 2. The molecular weight excluding hydrogens is 418 g/mol. The number of ether oxygens (including phenoxy) is 1. The number of benzene rings is 2. The van der Waals surface area contributed by atoms with Gasteiger partial charge < -0.3 is 25.4 Å². The highest BCUT2D eigenvalue weighted by Gasteiger charge is 2.15. The van der Waals surface area contributed by atoms with Crippen molar-refractivity contribution >= 4 is 41.4 Å². The molecule has 0 radical (unpaired) electrons. The maximum Gasteiger partial charge on any atom is 0.323 e. The highest BCUT2D eigenvalue weighted by atomic mass is 35.5. The first-order valence-electron chi connectivity index (χ1n) is 9.60. The first-order valence-corrected chi connectivity index (χ1v) is 9.98. The van der Waals surface area contributed by atoms with Crippen LogP contribution in [0.4, 0.5) is 16.2 Å².